The third-order valence-corrected chi connectivity index (χ3v) is 7.97. The van der Waals surface area contributed by atoms with Gasteiger partial charge in [-0.25, -0.2) is 4.79 Å². The van der Waals surface area contributed by atoms with Gasteiger partial charge in [0, 0.05) is 5.56 Å². The third-order valence-electron chi connectivity index (χ3n) is 5.54. The van der Waals surface area contributed by atoms with Crippen molar-refractivity contribution in [2.24, 2.45) is 5.92 Å². The van der Waals surface area contributed by atoms with Crippen LogP contribution >= 0.6 is 7.92 Å². The zero-order chi connectivity index (χ0) is 25.4. The maximum absolute atomic E-state index is 13.2. The van der Waals surface area contributed by atoms with Gasteiger partial charge in [0.15, 0.2) is 0 Å². The minimum Gasteiger partial charge on any atom is -0.467 e. The molecule has 2 amide bonds. The molecular formula is C28H31N2O4P. The quantitative estimate of drug-likeness (QED) is 0.357. The first-order valence-electron chi connectivity index (χ1n) is 11.5. The number of rotatable bonds is 9. The lowest BCUT2D eigenvalue weighted by Crippen LogP contribution is -2.53. The van der Waals surface area contributed by atoms with E-state index in [4.69, 9.17) is 0 Å². The van der Waals surface area contributed by atoms with Gasteiger partial charge in [-0.1, -0.05) is 86.6 Å². The van der Waals surface area contributed by atoms with E-state index in [0.29, 0.717) is 5.56 Å². The largest absolute Gasteiger partial charge is 0.467 e. The summed E-state index contributed by atoms with van der Waals surface area (Å²) in [5, 5.41) is 8.86. The molecule has 0 saturated carbocycles. The van der Waals surface area contributed by atoms with Crippen molar-refractivity contribution >= 4 is 41.6 Å². The molecule has 0 radical (unpaired) electrons. The number of esters is 1. The van der Waals surface area contributed by atoms with Gasteiger partial charge in [-0.05, 0) is 48.8 Å². The lowest BCUT2D eigenvalue weighted by Gasteiger charge is -2.24. The molecule has 6 nitrogen and oxygen atoms in total. The molecule has 0 spiro atoms. The van der Waals surface area contributed by atoms with Crippen LogP contribution in [0.3, 0.4) is 0 Å². The van der Waals surface area contributed by atoms with Crippen LogP contribution in [0.4, 0.5) is 0 Å². The third kappa shape index (κ3) is 6.77. The minimum absolute atomic E-state index is 0.183. The molecule has 0 aliphatic carbocycles. The molecule has 0 aromatic heterocycles. The summed E-state index contributed by atoms with van der Waals surface area (Å²) >= 11 is 0. The molecule has 0 heterocycles. The molecule has 2 atom stereocenters. The standard InChI is InChI=1S/C28H31N2O4P/c1-19(2)25(27(32)29-20(3)28(33)34-4)30-26(31)21-12-11-17-24(18-21)35(22-13-7-5-8-14-22)23-15-9-6-10-16-23/h5-20,25H,1-4H3,(H,29,32)(H,30,31)/t20-,25-/m0/s1. The Labute approximate surface area is 207 Å². The zero-order valence-electron chi connectivity index (χ0n) is 20.4. The Kier molecular flexibility index (Phi) is 9.16. The molecule has 0 unspecified atom stereocenters. The van der Waals surface area contributed by atoms with E-state index in [9.17, 15) is 14.4 Å². The topological polar surface area (TPSA) is 84.5 Å². The van der Waals surface area contributed by atoms with Crippen molar-refractivity contribution in [1.82, 2.24) is 10.6 Å². The van der Waals surface area contributed by atoms with Crippen molar-refractivity contribution in [2.75, 3.05) is 7.11 Å². The molecule has 3 rings (SSSR count). The lowest BCUT2D eigenvalue weighted by molar-refractivity contribution is -0.144. The highest BCUT2D eigenvalue weighted by molar-refractivity contribution is 7.79. The van der Waals surface area contributed by atoms with Gasteiger partial charge < -0.3 is 15.4 Å². The van der Waals surface area contributed by atoms with E-state index in [0.717, 1.165) is 5.30 Å². The van der Waals surface area contributed by atoms with E-state index >= 15 is 0 Å². The van der Waals surface area contributed by atoms with E-state index in [1.807, 2.05) is 68.4 Å². The van der Waals surface area contributed by atoms with Crippen molar-refractivity contribution in [3.8, 4) is 0 Å². The highest BCUT2D eigenvalue weighted by Gasteiger charge is 2.28. The van der Waals surface area contributed by atoms with Crippen molar-refractivity contribution in [2.45, 2.75) is 32.9 Å². The number of carbonyl (C=O) groups excluding carboxylic acids is 3. The number of ether oxygens (including phenoxy) is 1. The number of nitrogens with one attached hydrogen (secondary N) is 2. The summed E-state index contributed by atoms with van der Waals surface area (Å²) in [6.45, 7) is 5.23. The summed E-state index contributed by atoms with van der Waals surface area (Å²) in [5.74, 6) is -1.51. The summed E-state index contributed by atoms with van der Waals surface area (Å²) in [4.78, 5) is 37.7. The Morgan fingerprint density at radius 2 is 1.29 bits per heavy atom. The van der Waals surface area contributed by atoms with Crippen molar-refractivity contribution in [1.29, 1.82) is 0 Å². The van der Waals surface area contributed by atoms with Gasteiger partial charge in [0.2, 0.25) is 5.91 Å². The fourth-order valence-corrected chi connectivity index (χ4v) is 6.02. The Balaban J connectivity index is 1.86. The Morgan fingerprint density at radius 1 is 0.743 bits per heavy atom. The molecule has 35 heavy (non-hydrogen) atoms. The molecule has 2 N–H and O–H groups in total. The molecule has 0 aliphatic heterocycles. The summed E-state index contributed by atoms with van der Waals surface area (Å²) in [6, 6.07) is 26.4. The highest BCUT2D eigenvalue weighted by Crippen LogP contribution is 2.32. The van der Waals surface area contributed by atoms with Gasteiger partial charge in [0.25, 0.3) is 5.91 Å². The van der Waals surface area contributed by atoms with Crippen LogP contribution in [-0.4, -0.2) is 37.0 Å². The van der Waals surface area contributed by atoms with Crippen LogP contribution in [0.2, 0.25) is 0 Å². The van der Waals surface area contributed by atoms with Crippen LogP contribution < -0.4 is 26.5 Å². The van der Waals surface area contributed by atoms with E-state index in [1.165, 1.54) is 17.7 Å². The number of hydrogen-bond acceptors (Lipinski definition) is 4. The van der Waals surface area contributed by atoms with Crippen LogP contribution in [-0.2, 0) is 14.3 Å². The van der Waals surface area contributed by atoms with Crippen LogP contribution in [0, 0.1) is 5.92 Å². The Bertz CT molecular complexity index is 1110. The summed E-state index contributed by atoms with van der Waals surface area (Å²) < 4.78 is 4.67. The first kappa shape index (κ1) is 26.1. The van der Waals surface area contributed by atoms with Gasteiger partial charge in [0.05, 0.1) is 7.11 Å². The highest BCUT2D eigenvalue weighted by atomic mass is 31.1. The molecular weight excluding hydrogens is 459 g/mol. The molecule has 3 aromatic carbocycles. The second kappa shape index (κ2) is 12.3. The Morgan fingerprint density at radius 3 is 1.80 bits per heavy atom. The maximum atomic E-state index is 13.2. The molecule has 182 valence electrons. The fraction of sp³-hybridized carbons (Fsp3) is 0.250. The van der Waals surface area contributed by atoms with Crippen LogP contribution in [0.1, 0.15) is 31.1 Å². The van der Waals surface area contributed by atoms with E-state index in [1.54, 1.807) is 13.0 Å². The minimum atomic E-state index is -0.864. The average molecular weight is 491 g/mol. The zero-order valence-corrected chi connectivity index (χ0v) is 21.3. The van der Waals surface area contributed by atoms with Crippen molar-refractivity contribution in [3.63, 3.8) is 0 Å². The van der Waals surface area contributed by atoms with Gasteiger partial charge >= 0.3 is 5.97 Å². The van der Waals surface area contributed by atoms with E-state index in [2.05, 4.69) is 39.6 Å². The number of carbonyl (C=O) groups is 3. The fourth-order valence-electron chi connectivity index (χ4n) is 3.69. The molecule has 0 fully saturated rings. The van der Waals surface area contributed by atoms with Crippen molar-refractivity contribution < 1.29 is 19.1 Å². The first-order chi connectivity index (χ1) is 16.8. The van der Waals surface area contributed by atoms with Gasteiger partial charge in [-0.15, -0.1) is 0 Å². The predicted molar refractivity (Wildman–Crippen MR) is 141 cm³/mol. The van der Waals surface area contributed by atoms with E-state index < -0.39 is 31.9 Å². The molecule has 0 bridgehead atoms. The number of methoxy groups -OCH3 is 1. The molecule has 0 aliphatic rings. The van der Waals surface area contributed by atoms with E-state index in [-0.39, 0.29) is 11.8 Å². The normalized spacial score (nSPS) is 12.6. The molecule has 3 aromatic rings. The number of benzene rings is 3. The second-order valence-corrected chi connectivity index (χ2v) is 10.7. The molecule has 7 heteroatoms. The van der Waals surface area contributed by atoms with Gasteiger partial charge in [-0.3, -0.25) is 9.59 Å². The van der Waals surface area contributed by atoms with Crippen LogP contribution in [0.15, 0.2) is 84.9 Å². The van der Waals surface area contributed by atoms with Crippen molar-refractivity contribution in [3.05, 3.63) is 90.5 Å². The average Bonchev–Trinajstić information content (AvgIpc) is 2.88. The van der Waals surface area contributed by atoms with Gasteiger partial charge in [-0.2, -0.15) is 0 Å². The Hall–Kier alpha value is -3.50. The summed E-state index contributed by atoms with van der Waals surface area (Å²) in [5.41, 5.74) is 0.473. The van der Waals surface area contributed by atoms with Gasteiger partial charge in [0.1, 0.15) is 12.1 Å². The second-order valence-electron chi connectivity index (χ2n) is 8.51. The lowest BCUT2D eigenvalue weighted by atomic mass is 10.0. The first-order valence-corrected chi connectivity index (χ1v) is 12.9. The smallest absolute Gasteiger partial charge is 0.328 e. The van der Waals surface area contributed by atoms with Crippen LogP contribution in [0.25, 0.3) is 0 Å². The summed E-state index contributed by atoms with van der Waals surface area (Å²) in [6.07, 6.45) is 0. The SMILES string of the molecule is COC(=O)[C@H](C)NC(=O)[C@@H](NC(=O)c1cccc(P(c2ccccc2)c2ccccc2)c1)C(C)C. The maximum Gasteiger partial charge on any atom is 0.328 e. The number of amides is 2. The molecule has 0 saturated heterocycles. The number of hydrogen-bond donors (Lipinski definition) is 2. The summed E-state index contributed by atoms with van der Waals surface area (Å²) in [7, 11) is 0.399. The van der Waals surface area contributed by atoms with Crippen LogP contribution in [0.5, 0.6) is 0 Å². The predicted octanol–water partition coefficient (Wildman–Crippen LogP) is 2.88. The monoisotopic (exact) mass is 490 g/mol.